The Morgan fingerprint density at radius 1 is 1.33 bits per heavy atom. The summed E-state index contributed by atoms with van der Waals surface area (Å²) in [5.41, 5.74) is 0.695. The zero-order valence-corrected chi connectivity index (χ0v) is 12.2. The van der Waals surface area contributed by atoms with Crippen LogP contribution in [0.1, 0.15) is 47.5 Å². The first-order chi connectivity index (χ1) is 8.16. The summed E-state index contributed by atoms with van der Waals surface area (Å²) < 4.78 is 16.3. The van der Waals surface area contributed by atoms with Crippen LogP contribution in [0.25, 0.3) is 0 Å². The molecule has 0 aromatic carbocycles. The Labute approximate surface area is 109 Å². The molecule has 0 aromatic heterocycles. The van der Waals surface area contributed by atoms with E-state index in [-0.39, 0.29) is 17.7 Å². The number of allylic oxidation sites excluding steroid dienone is 1. The number of hydrogen-bond acceptors (Lipinski definition) is 4. The fourth-order valence-corrected chi connectivity index (χ4v) is 2.31. The van der Waals surface area contributed by atoms with Crippen LogP contribution in [0, 0.1) is 0 Å². The van der Waals surface area contributed by atoms with E-state index in [1.54, 1.807) is 0 Å². The summed E-state index contributed by atoms with van der Waals surface area (Å²) >= 11 is 0. The molecule has 0 radical (unpaired) electrons. The molecule has 0 amide bonds. The minimum absolute atomic E-state index is 0.0356. The van der Waals surface area contributed by atoms with Crippen molar-refractivity contribution in [2.24, 2.45) is 0 Å². The maximum Gasteiger partial charge on any atom is 0.330 e. The highest BCUT2D eigenvalue weighted by atomic mass is 16.8. The number of carbonyl (C=O) groups excluding carboxylic acids is 1. The van der Waals surface area contributed by atoms with Gasteiger partial charge in [0.1, 0.15) is 0 Å². The van der Waals surface area contributed by atoms with Crippen LogP contribution in [0.4, 0.5) is 0 Å². The number of hydrogen-bond donors (Lipinski definition) is 0. The molecule has 4 heteroatoms. The molecule has 18 heavy (non-hydrogen) atoms. The second-order valence-electron chi connectivity index (χ2n) is 5.76. The Morgan fingerprint density at radius 2 is 1.94 bits per heavy atom. The SMILES string of the molecule is COC(=O)/C=C(\C)CCC1OC(C)(C)OC1(C)C. The molecule has 1 saturated heterocycles. The summed E-state index contributed by atoms with van der Waals surface area (Å²) in [4.78, 5) is 11.1. The topological polar surface area (TPSA) is 44.8 Å². The Balaban J connectivity index is 2.54. The maximum atomic E-state index is 11.1. The molecule has 1 aliphatic rings. The lowest BCUT2D eigenvalue weighted by atomic mass is 9.96. The van der Waals surface area contributed by atoms with Gasteiger partial charge in [-0.15, -0.1) is 0 Å². The van der Waals surface area contributed by atoms with Gasteiger partial charge in [-0.1, -0.05) is 5.57 Å². The standard InChI is InChI=1S/C14H24O4/c1-10(9-12(15)16-6)7-8-11-13(2,3)18-14(4,5)17-11/h9,11H,7-8H2,1-6H3/b10-9+. The van der Waals surface area contributed by atoms with E-state index in [1.165, 1.54) is 13.2 Å². The summed E-state index contributed by atoms with van der Waals surface area (Å²) in [6.07, 6.45) is 3.18. The summed E-state index contributed by atoms with van der Waals surface area (Å²) in [5, 5.41) is 0. The van der Waals surface area contributed by atoms with Gasteiger partial charge in [0.15, 0.2) is 5.79 Å². The Morgan fingerprint density at radius 3 is 2.39 bits per heavy atom. The summed E-state index contributed by atoms with van der Waals surface area (Å²) in [6, 6.07) is 0. The molecule has 0 bridgehead atoms. The number of ether oxygens (including phenoxy) is 3. The van der Waals surface area contributed by atoms with E-state index < -0.39 is 5.79 Å². The highest BCUT2D eigenvalue weighted by molar-refractivity contribution is 5.82. The lowest BCUT2D eigenvalue weighted by Crippen LogP contribution is -2.33. The van der Waals surface area contributed by atoms with Crippen LogP contribution in [-0.2, 0) is 19.0 Å². The van der Waals surface area contributed by atoms with Gasteiger partial charge in [-0.3, -0.25) is 0 Å². The normalized spacial score (nSPS) is 26.1. The van der Waals surface area contributed by atoms with Gasteiger partial charge in [-0.05, 0) is 47.5 Å². The molecule has 1 rings (SSSR count). The third-order valence-corrected chi connectivity index (χ3v) is 3.08. The number of esters is 1. The highest BCUT2D eigenvalue weighted by Crippen LogP contribution is 2.38. The number of rotatable bonds is 4. The zero-order valence-electron chi connectivity index (χ0n) is 12.2. The molecule has 0 spiro atoms. The van der Waals surface area contributed by atoms with Crippen molar-refractivity contribution >= 4 is 5.97 Å². The molecule has 1 aliphatic heterocycles. The maximum absolute atomic E-state index is 11.1. The van der Waals surface area contributed by atoms with Crippen molar-refractivity contribution < 1.29 is 19.0 Å². The minimum Gasteiger partial charge on any atom is -0.466 e. The van der Waals surface area contributed by atoms with Crippen LogP contribution in [0.15, 0.2) is 11.6 Å². The summed E-state index contributed by atoms with van der Waals surface area (Å²) in [7, 11) is 1.38. The van der Waals surface area contributed by atoms with Gasteiger partial charge < -0.3 is 14.2 Å². The zero-order chi connectivity index (χ0) is 14.0. The van der Waals surface area contributed by atoms with E-state index in [9.17, 15) is 4.79 Å². The summed E-state index contributed by atoms with van der Waals surface area (Å²) in [6.45, 7) is 9.83. The molecule has 0 N–H and O–H groups in total. The average molecular weight is 256 g/mol. The van der Waals surface area contributed by atoms with Crippen molar-refractivity contribution in [3.05, 3.63) is 11.6 Å². The molecule has 1 unspecified atom stereocenters. The largest absolute Gasteiger partial charge is 0.466 e. The minimum atomic E-state index is -0.534. The van der Waals surface area contributed by atoms with Gasteiger partial charge in [0, 0.05) is 6.08 Å². The second-order valence-corrected chi connectivity index (χ2v) is 5.76. The predicted octanol–water partition coefficient (Wildman–Crippen LogP) is 2.82. The molecule has 1 fully saturated rings. The van der Waals surface area contributed by atoms with E-state index in [4.69, 9.17) is 9.47 Å². The number of carbonyl (C=O) groups is 1. The molecular formula is C14H24O4. The van der Waals surface area contributed by atoms with Gasteiger partial charge >= 0.3 is 5.97 Å². The van der Waals surface area contributed by atoms with Crippen molar-refractivity contribution in [1.82, 2.24) is 0 Å². The first-order valence-corrected chi connectivity index (χ1v) is 6.29. The van der Waals surface area contributed by atoms with Gasteiger partial charge in [0.25, 0.3) is 0 Å². The fraction of sp³-hybridized carbons (Fsp3) is 0.786. The van der Waals surface area contributed by atoms with Crippen LogP contribution in [0.5, 0.6) is 0 Å². The van der Waals surface area contributed by atoms with E-state index in [1.807, 2.05) is 34.6 Å². The molecule has 1 atom stereocenters. The molecule has 0 aliphatic carbocycles. The van der Waals surface area contributed by atoms with E-state index in [0.29, 0.717) is 0 Å². The predicted molar refractivity (Wildman–Crippen MR) is 69.1 cm³/mol. The molecule has 0 aromatic rings. The van der Waals surface area contributed by atoms with Gasteiger partial charge in [-0.25, -0.2) is 4.79 Å². The first-order valence-electron chi connectivity index (χ1n) is 6.29. The number of methoxy groups -OCH3 is 1. The van der Waals surface area contributed by atoms with Crippen molar-refractivity contribution in [2.45, 2.75) is 65.0 Å². The first kappa shape index (κ1) is 15.2. The van der Waals surface area contributed by atoms with E-state index in [0.717, 1.165) is 18.4 Å². The third-order valence-electron chi connectivity index (χ3n) is 3.08. The van der Waals surface area contributed by atoms with Crippen molar-refractivity contribution in [3.8, 4) is 0 Å². The molecule has 1 heterocycles. The van der Waals surface area contributed by atoms with E-state index in [2.05, 4.69) is 4.74 Å². The molecule has 4 nitrogen and oxygen atoms in total. The highest BCUT2D eigenvalue weighted by Gasteiger charge is 2.46. The average Bonchev–Trinajstić information content (AvgIpc) is 2.43. The van der Waals surface area contributed by atoms with Crippen molar-refractivity contribution in [1.29, 1.82) is 0 Å². The summed E-state index contributed by atoms with van der Waals surface area (Å²) in [5.74, 6) is -0.843. The van der Waals surface area contributed by atoms with Gasteiger partial charge in [-0.2, -0.15) is 0 Å². The third kappa shape index (κ3) is 4.10. The van der Waals surface area contributed by atoms with Crippen LogP contribution >= 0.6 is 0 Å². The molecular weight excluding hydrogens is 232 g/mol. The quantitative estimate of drug-likeness (QED) is 0.573. The molecule has 104 valence electrons. The lowest BCUT2D eigenvalue weighted by molar-refractivity contribution is -0.157. The van der Waals surface area contributed by atoms with Gasteiger partial charge in [0.2, 0.25) is 0 Å². The second kappa shape index (κ2) is 5.41. The Bertz CT molecular complexity index is 342. The van der Waals surface area contributed by atoms with Crippen LogP contribution in [0.3, 0.4) is 0 Å². The van der Waals surface area contributed by atoms with Crippen molar-refractivity contribution in [2.75, 3.05) is 7.11 Å². The van der Waals surface area contributed by atoms with E-state index >= 15 is 0 Å². The van der Waals surface area contributed by atoms with Crippen LogP contribution in [0.2, 0.25) is 0 Å². The van der Waals surface area contributed by atoms with Crippen LogP contribution < -0.4 is 0 Å². The lowest BCUT2D eigenvalue weighted by Gasteiger charge is -2.23. The van der Waals surface area contributed by atoms with Gasteiger partial charge in [0.05, 0.1) is 18.8 Å². The monoisotopic (exact) mass is 256 g/mol. The molecule has 0 saturated carbocycles. The smallest absolute Gasteiger partial charge is 0.330 e. The Kier molecular flexibility index (Phi) is 4.56. The van der Waals surface area contributed by atoms with Crippen LogP contribution in [-0.4, -0.2) is 30.6 Å². The fourth-order valence-electron chi connectivity index (χ4n) is 2.31. The van der Waals surface area contributed by atoms with Crippen molar-refractivity contribution in [3.63, 3.8) is 0 Å². The Hall–Kier alpha value is -0.870.